The maximum atomic E-state index is 13.5. The first-order valence-electron chi connectivity index (χ1n) is 11.0. The number of ether oxygens (including phenoxy) is 1. The van der Waals surface area contributed by atoms with E-state index in [-0.39, 0.29) is 45.5 Å². The molecule has 2 heterocycles. The maximum absolute atomic E-state index is 13.5. The van der Waals surface area contributed by atoms with Gasteiger partial charge < -0.3 is 19.9 Å². The van der Waals surface area contributed by atoms with Gasteiger partial charge in [-0.05, 0) is 59.1 Å². The zero-order chi connectivity index (χ0) is 28.4. The Morgan fingerprint density at radius 3 is 2.26 bits per heavy atom. The van der Waals surface area contributed by atoms with Crippen molar-refractivity contribution in [3.05, 3.63) is 65.7 Å². The number of hydrogen-bond acceptors (Lipinski definition) is 8. The van der Waals surface area contributed by atoms with Crippen LogP contribution in [0.1, 0.15) is 11.1 Å². The van der Waals surface area contributed by atoms with Gasteiger partial charge in [0.05, 0.1) is 23.9 Å². The van der Waals surface area contributed by atoms with E-state index in [9.17, 15) is 35.1 Å². The number of benzene rings is 2. The first-order chi connectivity index (χ1) is 18.3. The largest absolute Gasteiger partial charge is 0.768 e. The molecule has 2 aromatic heterocycles. The highest BCUT2D eigenvalue weighted by molar-refractivity contribution is 7.79. The number of alkyl halides is 6. The molecule has 4 aromatic rings. The smallest absolute Gasteiger partial charge is 0.419 e. The second-order valence-electron chi connectivity index (χ2n) is 8.07. The summed E-state index contributed by atoms with van der Waals surface area (Å²) in [6, 6.07) is 11.9. The van der Waals surface area contributed by atoms with Crippen LogP contribution in [0, 0.1) is 0 Å². The van der Waals surface area contributed by atoms with E-state index in [1.54, 1.807) is 12.1 Å². The summed E-state index contributed by atoms with van der Waals surface area (Å²) in [5.74, 6) is -0.736. The Bertz CT molecular complexity index is 1510. The summed E-state index contributed by atoms with van der Waals surface area (Å²) < 4.78 is 106. The number of anilines is 2. The van der Waals surface area contributed by atoms with Crippen molar-refractivity contribution in [1.82, 2.24) is 15.0 Å². The third-order valence-corrected chi connectivity index (χ3v) is 6.02. The minimum atomic E-state index is -4.71. The van der Waals surface area contributed by atoms with Crippen LogP contribution in [-0.4, -0.2) is 43.5 Å². The van der Waals surface area contributed by atoms with Crippen molar-refractivity contribution >= 4 is 33.9 Å². The quantitative estimate of drug-likeness (QED) is 0.210. The van der Waals surface area contributed by atoms with E-state index in [1.807, 2.05) is 0 Å². The van der Waals surface area contributed by atoms with Crippen molar-refractivity contribution in [2.24, 2.45) is 0 Å². The van der Waals surface area contributed by atoms with E-state index in [2.05, 4.69) is 25.6 Å². The fraction of sp³-hybridized carbons (Fsp3) is 0.208. The lowest BCUT2D eigenvalue weighted by Crippen LogP contribution is -2.22. The van der Waals surface area contributed by atoms with E-state index >= 15 is 0 Å². The van der Waals surface area contributed by atoms with Crippen LogP contribution in [0.15, 0.2) is 59.5 Å². The van der Waals surface area contributed by atoms with Gasteiger partial charge in [0.15, 0.2) is 5.82 Å². The number of methoxy groups -OCH3 is 1. The summed E-state index contributed by atoms with van der Waals surface area (Å²) >= 11 is -2.39. The highest BCUT2D eigenvalue weighted by atomic mass is 32.2. The van der Waals surface area contributed by atoms with Crippen LogP contribution in [-0.2, 0) is 23.8 Å². The molecule has 0 radical (unpaired) electrons. The van der Waals surface area contributed by atoms with Gasteiger partial charge >= 0.3 is 12.4 Å². The van der Waals surface area contributed by atoms with Gasteiger partial charge in [0.1, 0.15) is 17.8 Å². The van der Waals surface area contributed by atoms with Crippen LogP contribution in [0.4, 0.5) is 38.1 Å². The Labute approximate surface area is 219 Å². The van der Waals surface area contributed by atoms with Gasteiger partial charge in [0, 0.05) is 17.0 Å². The molecule has 4 rings (SSSR count). The highest BCUT2D eigenvalue weighted by Crippen LogP contribution is 2.38. The van der Waals surface area contributed by atoms with Gasteiger partial charge in [0.2, 0.25) is 5.95 Å². The standard InChI is InChI=1S/C24H19F6N5O3S/c1-38-19-9-4-14(10-16(19)24(28,29)30)17-7-8-18-20(33-17)21(32-12-23(25,26)27)35-22(34-18)31-11-13-2-5-15(6-3-13)39(36)37/h2-10H,11-12H2,1H3,(H,36,37)(H2,31,32,34,35)/p-1. The lowest BCUT2D eigenvalue weighted by Gasteiger charge is -2.15. The first kappa shape index (κ1) is 28.0. The molecule has 1 atom stereocenters. The van der Waals surface area contributed by atoms with Crippen molar-refractivity contribution < 1.29 is 39.8 Å². The van der Waals surface area contributed by atoms with Crippen LogP contribution >= 0.6 is 0 Å². The van der Waals surface area contributed by atoms with Crippen LogP contribution in [0.25, 0.3) is 22.3 Å². The van der Waals surface area contributed by atoms with Crippen molar-refractivity contribution in [2.45, 2.75) is 23.8 Å². The Morgan fingerprint density at radius 2 is 1.64 bits per heavy atom. The third-order valence-electron chi connectivity index (χ3n) is 5.37. The topological polar surface area (TPSA) is 112 Å². The third kappa shape index (κ3) is 6.92. The second kappa shape index (κ2) is 11.0. The summed E-state index contributed by atoms with van der Waals surface area (Å²) in [6.45, 7) is -1.33. The summed E-state index contributed by atoms with van der Waals surface area (Å²) in [4.78, 5) is 12.7. The molecule has 0 amide bonds. The predicted molar refractivity (Wildman–Crippen MR) is 130 cm³/mol. The van der Waals surface area contributed by atoms with E-state index < -0.39 is 41.3 Å². The average Bonchev–Trinajstić information content (AvgIpc) is 2.89. The van der Waals surface area contributed by atoms with E-state index in [4.69, 9.17) is 4.74 Å². The van der Waals surface area contributed by atoms with Gasteiger partial charge in [-0.25, -0.2) is 9.97 Å². The molecule has 0 saturated heterocycles. The molecule has 206 valence electrons. The average molecular weight is 570 g/mol. The molecular weight excluding hydrogens is 552 g/mol. The van der Waals surface area contributed by atoms with Crippen molar-refractivity contribution in [3.63, 3.8) is 0 Å². The first-order valence-corrected chi connectivity index (χ1v) is 12.1. The van der Waals surface area contributed by atoms with E-state index in [0.29, 0.717) is 5.56 Å². The summed E-state index contributed by atoms with van der Waals surface area (Å²) in [5, 5.41) is 5.03. The minimum Gasteiger partial charge on any atom is -0.768 e. The predicted octanol–water partition coefficient (Wildman–Crippen LogP) is 5.54. The highest BCUT2D eigenvalue weighted by Gasteiger charge is 2.34. The molecule has 0 fully saturated rings. The number of pyridine rings is 1. The zero-order valence-electron chi connectivity index (χ0n) is 19.9. The molecule has 2 N–H and O–H groups in total. The molecule has 0 aliphatic heterocycles. The molecular formula is C24H18F6N5O3S-. The van der Waals surface area contributed by atoms with Crippen LogP contribution in [0.3, 0.4) is 0 Å². The lowest BCUT2D eigenvalue weighted by molar-refractivity contribution is -0.138. The van der Waals surface area contributed by atoms with Gasteiger partial charge in [-0.2, -0.15) is 31.3 Å². The Balaban J connectivity index is 1.70. The number of nitrogens with one attached hydrogen (secondary N) is 2. The van der Waals surface area contributed by atoms with Crippen LogP contribution in [0.5, 0.6) is 5.75 Å². The Morgan fingerprint density at radius 1 is 0.923 bits per heavy atom. The van der Waals surface area contributed by atoms with Gasteiger partial charge in [0.25, 0.3) is 0 Å². The molecule has 0 bridgehead atoms. The molecule has 0 spiro atoms. The van der Waals surface area contributed by atoms with Crippen LogP contribution < -0.4 is 15.4 Å². The maximum Gasteiger partial charge on any atom is 0.419 e. The number of nitrogens with zero attached hydrogens (tertiary/aromatic N) is 3. The fourth-order valence-corrected chi connectivity index (χ4v) is 3.91. The molecule has 0 aliphatic rings. The zero-order valence-corrected chi connectivity index (χ0v) is 20.7. The molecule has 2 aromatic carbocycles. The van der Waals surface area contributed by atoms with Gasteiger partial charge in [-0.1, -0.05) is 12.1 Å². The number of fused-ring (bicyclic) bond motifs is 1. The summed E-state index contributed by atoms with van der Waals surface area (Å²) in [5.41, 5.74) is -0.254. The van der Waals surface area contributed by atoms with E-state index in [1.165, 1.54) is 30.3 Å². The molecule has 0 aliphatic carbocycles. The molecule has 8 nitrogen and oxygen atoms in total. The second-order valence-corrected chi connectivity index (χ2v) is 9.01. The van der Waals surface area contributed by atoms with Gasteiger partial charge in [-0.15, -0.1) is 0 Å². The normalized spacial score (nSPS) is 12.8. The fourth-order valence-electron chi connectivity index (χ4n) is 3.55. The van der Waals surface area contributed by atoms with Crippen LogP contribution in [0.2, 0.25) is 0 Å². The number of halogens is 6. The number of rotatable bonds is 8. The minimum absolute atomic E-state index is 0.0471. The summed E-state index contributed by atoms with van der Waals surface area (Å²) in [6.07, 6.45) is -9.31. The molecule has 15 heteroatoms. The summed E-state index contributed by atoms with van der Waals surface area (Å²) in [7, 11) is 1.10. The number of aromatic nitrogens is 3. The molecule has 39 heavy (non-hydrogen) atoms. The van der Waals surface area contributed by atoms with Crippen molar-refractivity contribution in [2.75, 3.05) is 24.3 Å². The molecule has 1 unspecified atom stereocenters. The molecule has 0 saturated carbocycles. The SMILES string of the molecule is COc1ccc(-c2ccc3nc(NCc4ccc(S(=O)[O-])cc4)nc(NCC(F)(F)F)c3n2)cc1C(F)(F)F. The Hall–Kier alpha value is -3.98. The number of hydrogen-bond donors (Lipinski definition) is 2. The Kier molecular flexibility index (Phi) is 7.92. The lowest BCUT2D eigenvalue weighted by atomic mass is 10.1. The van der Waals surface area contributed by atoms with Crippen molar-refractivity contribution in [1.29, 1.82) is 0 Å². The van der Waals surface area contributed by atoms with Crippen molar-refractivity contribution in [3.8, 4) is 17.0 Å². The van der Waals surface area contributed by atoms with Gasteiger partial charge in [-0.3, -0.25) is 4.21 Å². The van der Waals surface area contributed by atoms with E-state index in [0.717, 1.165) is 19.2 Å². The monoisotopic (exact) mass is 570 g/mol.